The van der Waals surface area contributed by atoms with E-state index in [0.717, 1.165) is 38.3 Å². The molecule has 1 saturated heterocycles. The summed E-state index contributed by atoms with van der Waals surface area (Å²) in [4.78, 5) is 20.7. The summed E-state index contributed by atoms with van der Waals surface area (Å²) in [5.41, 5.74) is 4.25. The first-order valence-electron chi connectivity index (χ1n) is 10.8. The summed E-state index contributed by atoms with van der Waals surface area (Å²) in [6.07, 6.45) is 2.05. The van der Waals surface area contributed by atoms with Crippen molar-refractivity contribution in [3.05, 3.63) is 94.4 Å². The molecule has 0 radical (unpaired) electrons. The van der Waals surface area contributed by atoms with Gasteiger partial charge in [-0.3, -0.25) is 9.69 Å². The maximum absolute atomic E-state index is 13.3. The minimum absolute atomic E-state index is 0.0126. The fourth-order valence-corrected chi connectivity index (χ4v) is 5.19. The van der Waals surface area contributed by atoms with Gasteiger partial charge < -0.3 is 0 Å². The summed E-state index contributed by atoms with van der Waals surface area (Å²) in [7, 11) is 0. The van der Waals surface area contributed by atoms with Crippen LogP contribution in [0.25, 0.3) is 27.6 Å². The van der Waals surface area contributed by atoms with E-state index >= 15 is 0 Å². The number of nitrogens with zero attached hydrogens (tertiary/aromatic N) is 2. The van der Waals surface area contributed by atoms with E-state index in [1.165, 1.54) is 22.5 Å². The van der Waals surface area contributed by atoms with Crippen molar-refractivity contribution in [2.45, 2.75) is 20.8 Å². The Bertz CT molecular complexity index is 1380. The lowest BCUT2D eigenvalue weighted by Crippen LogP contribution is -2.28. The number of hydrogen-bond acceptors (Lipinski definition) is 3. The topological polar surface area (TPSA) is 32.7 Å². The van der Waals surface area contributed by atoms with Crippen molar-refractivity contribution < 1.29 is 4.79 Å². The third-order valence-electron chi connectivity index (χ3n) is 5.87. The van der Waals surface area contributed by atoms with Gasteiger partial charge in [-0.15, -0.1) is 0 Å². The Hall–Kier alpha value is -3.37. The van der Waals surface area contributed by atoms with Crippen LogP contribution in [-0.2, 0) is 4.79 Å². The lowest BCUT2D eigenvalue weighted by molar-refractivity contribution is -0.122. The number of aliphatic imine (C=N–C) groups is 1. The highest BCUT2D eigenvalue weighted by Gasteiger charge is 2.32. The number of aryl methyl sites for hydroxylation is 2. The molecule has 0 unspecified atom stereocenters. The number of rotatable bonds is 3. The fourth-order valence-electron chi connectivity index (χ4n) is 4.15. The van der Waals surface area contributed by atoms with Crippen LogP contribution in [0.15, 0.2) is 82.7 Å². The molecule has 4 aromatic carbocycles. The van der Waals surface area contributed by atoms with Crippen LogP contribution in [-0.4, -0.2) is 22.5 Å². The van der Waals surface area contributed by atoms with Crippen molar-refractivity contribution >= 4 is 56.1 Å². The Morgan fingerprint density at radius 3 is 2.22 bits per heavy atom. The lowest BCUT2D eigenvalue weighted by Gasteiger charge is -2.13. The van der Waals surface area contributed by atoms with Crippen LogP contribution in [0.2, 0.25) is 0 Å². The Morgan fingerprint density at radius 1 is 0.906 bits per heavy atom. The molecule has 32 heavy (non-hydrogen) atoms. The summed E-state index contributed by atoms with van der Waals surface area (Å²) in [6.45, 7) is 6.69. The number of carbonyl (C=O) groups excluding carboxylic acids is 1. The van der Waals surface area contributed by atoms with Gasteiger partial charge in [0.05, 0.1) is 10.6 Å². The monoisotopic (exact) mass is 436 g/mol. The standard InChI is InChI=1S/C28H24N2OS/c1-4-30-27(31)26(32-28(30)29-25-15-18(2)13-14-19(25)3)17-24-22-11-7-5-9-20(22)16-21-10-6-8-12-23(21)24/h5-17H,4H2,1-3H3/b26-17+,29-28?. The highest BCUT2D eigenvalue weighted by Crippen LogP contribution is 2.37. The van der Waals surface area contributed by atoms with Crippen LogP contribution in [0.3, 0.4) is 0 Å². The fraction of sp³-hybridized carbons (Fsp3) is 0.143. The van der Waals surface area contributed by atoms with Crippen molar-refractivity contribution in [1.29, 1.82) is 0 Å². The van der Waals surface area contributed by atoms with Gasteiger partial charge in [0.15, 0.2) is 5.17 Å². The Balaban J connectivity index is 1.66. The molecule has 0 N–H and O–H groups in total. The highest BCUT2D eigenvalue weighted by molar-refractivity contribution is 8.18. The molecule has 0 aliphatic carbocycles. The van der Waals surface area contributed by atoms with Gasteiger partial charge in [-0.1, -0.05) is 60.7 Å². The van der Waals surface area contributed by atoms with Gasteiger partial charge in [-0.05, 0) is 89.0 Å². The van der Waals surface area contributed by atoms with E-state index in [9.17, 15) is 4.79 Å². The second-order valence-electron chi connectivity index (χ2n) is 8.08. The average Bonchev–Trinajstić information content (AvgIpc) is 3.09. The van der Waals surface area contributed by atoms with E-state index in [1.807, 2.05) is 13.0 Å². The SMILES string of the molecule is CCN1C(=O)/C(=C\c2c3ccccc3cc3ccccc23)SC1=Nc1cc(C)ccc1C. The summed E-state index contributed by atoms with van der Waals surface area (Å²) in [5.74, 6) is 0.0126. The Labute approximate surface area is 192 Å². The molecule has 0 spiro atoms. The number of amidine groups is 1. The van der Waals surface area contributed by atoms with Crippen molar-refractivity contribution in [2.75, 3.05) is 6.54 Å². The van der Waals surface area contributed by atoms with Gasteiger partial charge in [0.25, 0.3) is 5.91 Å². The first-order valence-corrected chi connectivity index (χ1v) is 11.6. The van der Waals surface area contributed by atoms with Crippen LogP contribution in [0.5, 0.6) is 0 Å². The van der Waals surface area contributed by atoms with Crippen molar-refractivity contribution in [3.63, 3.8) is 0 Å². The predicted molar refractivity (Wildman–Crippen MR) is 137 cm³/mol. The number of carbonyl (C=O) groups is 1. The van der Waals surface area contributed by atoms with Crippen LogP contribution < -0.4 is 0 Å². The van der Waals surface area contributed by atoms with Gasteiger partial charge in [0.1, 0.15) is 0 Å². The van der Waals surface area contributed by atoms with Gasteiger partial charge in [0.2, 0.25) is 0 Å². The number of likely N-dealkylation sites (N-methyl/N-ethyl adjacent to an activating group) is 1. The van der Waals surface area contributed by atoms with Gasteiger partial charge in [-0.25, -0.2) is 4.99 Å². The van der Waals surface area contributed by atoms with E-state index in [1.54, 1.807) is 4.90 Å². The summed E-state index contributed by atoms with van der Waals surface area (Å²) < 4.78 is 0. The maximum Gasteiger partial charge on any atom is 0.266 e. The number of fused-ring (bicyclic) bond motifs is 2. The van der Waals surface area contributed by atoms with Gasteiger partial charge in [0, 0.05) is 6.54 Å². The summed E-state index contributed by atoms with van der Waals surface area (Å²) >= 11 is 1.46. The summed E-state index contributed by atoms with van der Waals surface area (Å²) in [5, 5.41) is 5.38. The third-order valence-corrected chi connectivity index (χ3v) is 6.88. The van der Waals surface area contributed by atoms with E-state index in [-0.39, 0.29) is 5.91 Å². The van der Waals surface area contributed by atoms with E-state index in [2.05, 4.69) is 86.6 Å². The van der Waals surface area contributed by atoms with Crippen molar-refractivity contribution in [3.8, 4) is 0 Å². The molecule has 0 bridgehead atoms. The molecule has 158 valence electrons. The highest BCUT2D eigenvalue weighted by atomic mass is 32.2. The number of benzene rings is 4. The Morgan fingerprint density at radius 2 is 1.56 bits per heavy atom. The van der Waals surface area contributed by atoms with Crippen LogP contribution >= 0.6 is 11.8 Å². The normalized spacial score (nSPS) is 16.7. The van der Waals surface area contributed by atoms with Crippen molar-refractivity contribution in [1.82, 2.24) is 4.90 Å². The first kappa shape index (κ1) is 20.5. The minimum atomic E-state index is 0.0126. The average molecular weight is 437 g/mol. The third kappa shape index (κ3) is 3.61. The zero-order chi connectivity index (χ0) is 22.2. The molecule has 1 aliphatic rings. The molecule has 0 saturated carbocycles. The molecule has 1 fully saturated rings. The number of hydrogen-bond donors (Lipinski definition) is 0. The van der Waals surface area contributed by atoms with Gasteiger partial charge >= 0.3 is 0 Å². The molecule has 1 amide bonds. The molecule has 0 atom stereocenters. The Kier molecular flexibility index (Phi) is 5.32. The zero-order valence-corrected chi connectivity index (χ0v) is 19.2. The lowest BCUT2D eigenvalue weighted by atomic mass is 9.96. The van der Waals surface area contributed by atoms with Crippen LogP contribution in [0, 0.1) is 13.8 Å². The molecule has 0 aromatic heterocycles. The van der Waals surface area contributed by atoms with Crippen LogP contribution in [0.1, 0.15) is 23.6 Å². The second kappa shape index (κ2) is 8.29. The number of amides is 1. The van der Waals surface area contributed by atoms with E-state index in [4.69, 9.17) is 4.99 Å². The second-order valence-corrected chi connectivity index (χ2v) is 9.09. The zero-order valence-electron chi connectivity index (χ0n) is 18.4. The predicted octanol–water partition coefficient (Wildman–Crippen LogP) is 7.23. The van der Waals surface area contributed by atoms with E-state index < -0.39 is 0 Å². The molecule has 4 aromatic rings. The first-order chi connectivity index (χ1) is 15.5. The van der Waals surface area contributed by atoms with Crippen molar-refractivity contribution in [2.24, 2.45) is 4.99 Å². The van der Waals surface area contributed by atoms with E-state index in [0.29, 0.717) is 11.4 Å². The molecule has 1 heterocycles. The molecule has 4 heteroatoms. The molecular formula is C28H24N2OS. The maximum atomic E-state index is 13.3. The quantitative estimate of drug-likeness (QED) is 0.251. The molecule has 5 rings (SSSR count). The smallest absolute Gasteiger partial charge is 0.266 e. The molecule has 3 nitrogen and oxygen atoms in total. The largest absolute Gasteiger partial charge is 0.287 e. The number of thioether (sulfide) groups is 1. The summed E-state index contributed by atoms with van der Waals surface area (Å²) in [6, 6.07) is 25.1. The molecule has 1 aliphatic heterocycles. The minimum Gasteiger partial charge on any atom is -0.287 e. The van der Waals surface area contributed by atoms with Gasteiger partial charge in [-0.2, -0.15) is 0 Å². The van der Waals surface area contributed by atoms with Crippen LogP contribution in [0.4, 0.5) is 5.69 Å². The molecular weight excluding hydrogens is 412 g/mol.